The topological polar surface area (TPSA) is 66.8 Å². The third kappa shape index (κ3) is 5.87. The van der Waals surface area contributed by atoms with E-state index in [1.807, 2.05) is 29.2 Å². The molecule has 166 valence electrons. The average Bonchev–Trinajstić information content (AvgIpc) is 2.74. The first kappa shape index (κ1) is 22.9. The van der Waals surface area contributed by atoms with Crippen LogP contribution in [0, 0.1) is 0 Å². The molecule has 0 aromatic heterocycles. The second kappa shape index (κ2) is 9.54. The Morgan fingerprint density at radius 1 is 1.10 bits per heavy atom. The molecule has 1 amide bonds. The van der Waals surface area contributed by atoms with Crippen molar-refractivity contribution in [3.8, 4) is 5.75 Å². The zero-order valence-electron chi connectivity index (χ0n) is 18.9. The molecule has 1 saturated heterocycles. The molecule has 1 unspecified atom stereocenters. The van der Waals surface area contributed by atoms with Gasteiger partial charge in [0.25, 0.3) is 0 Å². The van der Waals surface area contributed by atoms with Gasteiger partial charge in [-0.1, -0.05) is 50.2 Å². The Balaban J connectivity index is 1.60. The number of amides is 1. The Morgan fingerprint density at radius 3 is 2.32 bits per heavy atom. The molecule has 5 nitrogen and oxygen atoms in total. The van der Waals surface area contributed by atoms with Crippen molar-refractivity contribution in [2.45, 2.75) is 64.4 Å². The number of hydrogen-bond donors (Lipinski definition) is 1. The fourth-order valence-electron chi connectivity index (χ4n) is 3.93. The van der Waals surface area contributed by atoms with Crippen molar-refractivity contribution in [1.82, 2.24) is 4.90 Å². The minimum atomic E-state index is -1.27. The van der Waals surface area contributed by atoms with Crippen molar-refractivity contribution in [2.75, 3.05) is 13.1 Å². The van der Waals surface area contributed by atoms with E-state index in [9.17, 15) is 14.7 Å². The molecule has 1 N–H and O–H groups in total. The molecular weight excluding hydrogens is 390 g/mol. The van der Waals surface area contributed by atoms with Gasteiger partial charge in [-0.05, 0) is 61.4 Å². The van der Waals surface area contributed by atoms with Gasteiger partial charge in [-0.15, -0.1) is 0 Å². The first-order chi connectivity index (χ1) is 14.7. The van der Waals surface area contributed by atoms with E-state index in [1.54, 1.807) is 0 Å². The summed E-state index contributed by atoms with van der Waals surface area (Å²) in [7, 11) is 0. The molecule has 2 aromatic rings. The molecule has 31 heavy (non-hydrogen) atoms. The molecule has 1 heterocycles. The lowest BCUT2D eigenvalue weighted by atomic mass is 9.90. The molecule has 1 aliphatic rings. The Morgan fingerprint density at radius 2 is 1.74 bits per heavy atom. The smallest absolute Gasteiger partial charge is 0.347 e. The van der Waals surface area contributed by atoms with Crippen LogP contribution in [0.1, 0.15) is 69.1 Å². The van der Waals surface area contributed by atoms with Crippen LogP contribution in [0.25, 0.3) is 0 Å². The number of piperidine rings is 1. The van der Waals surface area contributed by atoms with Crippen LogP contribution in [-0.2, 0) is 16.0 Å². The lowest BCUT2D eigenvalue weighted by molar-refractivity contribution is -0.152. The monoisotopic (exact) mass is 423 g/mol. The highest BCUT2D eigenvalue weighted by atomic mass is 16.5. The maximum absolute atomic E-state index is 12.9. The molecule has 0 radical (unpaired) electrons. The van der Waals surface area contributed by atoms with Crippen LogP contribution >= 0.6 is 0 Å². The maximum Gasteiger partial charge on any atom is 0.347 e. The predicted molar refractivity (Wildman–Crippen MR) is 122 cm³/mol. The molecule has 5 heteroatoms. The SMILES string of the molecule is CC(C)c1ccc(CC(=O)N2CCCC(c3ccc(OC(C)(C)C(=O)O)cc3)C2)cc1. The van der Waals surface area contributed by atoms with E-state index >= 15 is 0 Å². The van der Waals surface area contributed by atoms with E-state index in [0.29, 0.717) is 24.6 Å². The summed E-state index contributed by atoms with van der Waals surface area (Å²) >= 11 is 0. The largest absolute Gasteiger partial charge is 0.478 e. The summed E-state index contributed by atoms with van der Waals surface area (Å²) in [5.74, 6) is 0.467. The molecule has 1 fully saturated rings. The number of nitrogens with zero attached hydrogens (tertiary/aromatic N) is 1. The zero-order valence-corrected chi connectivity index (χ0v) is 18.9. The Labute approximate surface area is 185 Å². The lowest BCUT2D eigenvalue weighted by Gasteiger charge is -2.33. The lowest BCUT2D eigenvalue weighted by Crippen LogP contribution is -2.40. The number of carboxylic acids is 1. The van der Waals surface area contributed by atoms with Crippen LogP contribution in [0.4, 0.5) is 0 Å². The highest BCUT2D eigenvalue weighted by Crippen LogP contribution is 2.29. The summed E-state index contributed by atoms with van der Waals surface area (Å²) in [5.41, 5.74) is 2.22. The number of ether oxygens (including phenoxy) is 1. The Hall–Kier alpha value is -2.82. The minimum Gasteiger partial charge on any atom is -0.478 e. The zero-order chi connectivity index (χ0) is 22.6. The van der Waals surface area contributed by atoms with Crippen LogP contribution < -0.4 is 4.74 Å². The first-order valence-corrected chi connectivity index (χ1v) is 11.0. The van der Waals surface area contributed by atoms with E-state index in [2.05, 4.69) is 38.1 Å². The summed E-state index contributed by atoms with van der Waals surface area (Å²) < 4.78 is 5.59. The van der Waals surface area contributed by atoms with Crippen molar-refractivity contribution in [3.05, 3.63) is 65.2 Å². The Kier molecular flexibility index (Phi) is 7.04. The molecule has 0 saturated carbocycles. The highest BCUT2D eigenvalue weighted by molar-refractivity contribution is 5.79. The van der Waals surface area contributed by atoms with Gasteiger partial charge >= 0.3 is 5.97 Å². The van der Waals surface area contributed by atoms with Gasteiger partial charge in [-0.2, -0.15) is 0 Å². The molecule has 1 atom stereocenters. The van der Waals surface area contributed by atoms with Crippen molar-refractivity contribution >= 4 is 11.9 Å². The second-order valence-corrected chi connectivity index (χ2v) is 9.24. The highest BCUT2D eigenvalue weighted by Gasteiger charge is 2.30. The summed E-state index contributed by atoms with van der Waals surface area (Å²) in [6.45, 7) is 8.91. The van der Waals surface area contributed by atoms with Gasteiger partial charge in [0.15, 0.2) is 5.60 Å². The van der Waals surface area contributed by atoms with Gasteiger partial charge in [0.05, 0.1) is 6.42 Å². The maximum atomic E-state index is 12.9. The fourth-order valence-corrected chi connectivity index (χ4v) is 3.93. The van der Waals surface area contributed by atoms with Gasteiger partial charge in [0.2, 0.25) is 5.91 Å². The standard InChI is InChI=1S/C26H33NO4/c1-18(2)20-9-7-19(8-10-20)16-24(28)27-15-5-6-22(17-27)21-11-13-23(14-12-21)31-26(3,4)25(29)30/h7-14,18,22H,5-6,15-17H2,1-4H3,(H,29,30). The quantitative estimate of drug-likeness (QED) is 0.680. The Bertz CT molecular complexity index is 900. The van der Waals surface area contributed by atoms with E-state index < -0.39 is 11.6 Å². The van der Waals surface area contributed by atoms with E-state index in [1.165, 1.54) is 19.4 Å². The van der Waals surface area contributed by atoms with Crippen molar-refractivity contribution < 1.29 is 19.4 Å². The molecular formula is C26H33NO4. The normalized spacial score (nSPS) is 16.9. The number of benzene rings is 2. The summed E-state index contributed by atoms with van der Waals surface area (Å²) in [6.07, 6.45) is 2.45. The molecule has 2 aromatic carbocycles. The summed E-state index contributed by atoms with van der Waals surface area (Å²) in [6, 6.07) is 15.9. The molecule has 0 bridgehead atoms. The second-order valence-electron chi connectivity index (χ2n) is 9.24. The number of carbonyl (C=O) groups is 2. The van der Waals surface area contributed by atoms with Gasteiger partial charge in [-0.25, -0.2) is 4.79 Å². The number of carboxylic acid groups (broad SMARTS) is 1. The average molecular weight is 424 g/mol. The van der Waals surface area contributed by atoms with Crippen LogP contribution in [0.5, 0.6) is 5.75 Å². The number of carbonyl (C=O) groups excluding carboxylic acids is 1. The van der Waals surface area contributed by atoms with Gasteiger partial charge in [-0.3, -0.25) is 4.79 Å². The number of likely N-dealkylation sites (tertiary alicyclic amines) is 1. The first-order valence-electron chi connectivity index (χ1n) is 11.0. The fraction of sp³-hybridized carbons (Fsp3) is 0.462. The predicted octanol–water partition coefficient (Wildman–Crippen LogP) is 5.00. The van der Waals surface area contributed by atoms with Crippen molar-refractivity contribution in [3.63, 3.8) is 0 Å². The molecule has 0 aliphatic carbocycles. The molecule has 0 spiro atoms. The summed E-state index contributed by atoms with van der Waals surface area (Å²) in [4.78, 5) is 26.1. The minimum absolute atomic E-state index is 0.171. The van der Waals surface area contributed by atoms with Gasteiger partial charge in [0.1, 0.15) is 5.75 Å². The van der Waals surface area contributed by atoms with Gasteiger partial charge in [0, 0.05) is 19.0 Å². The van der Waals surface area contributed by atoms with Crippen LogP contribution in [0.3, 0.4) is 0 Å². The van der Waals surface area contributed by atoms with Crippen LogP contribution in [0.15, 0.2) is 48.5 Å². The van der Waals surface area contributed by atoms with Crippen LogP contribution in [0.2, 0.25) is 0 Å². The van der Waals surface area contributed by atoms with Crippen molar-refractivity contribution in [1.29, 1.82) is 0 Å². The third-order valence-electron chi connectivity index (χ3n) is 6.02. The van der Waals surface area contributed by atoms with E-state index in [-0.39, 0.29) is 11.8 Å². The van der Waals surface area contributed by atoms with Crippen LogP contribution in [-0.4, -0.2) is 40.6 Å². The third-order valence-corrected chi connectivity index (χ3v) is 6.02. The van der Waals surface area contributed by atoms with Gasteiger partial charge < -0.3 is 14.7 Å². The number of aliphatic carboxylic acids is 1. The number of rotatable bonds is 7. The summed E-state index contributed by atoms with van der Waals surface area (Å²) in [5, 5.41) is 9.22. The van der Waals surface area contributed by atoms with E-state index in [0.717, 1.165) is 30.5 Å². The van der Waals surface area contributed by atoms with E-state index in [4.69, 9.17) is 4.74 Å². The molecule has 1 aliphatic heterocycles. The van der Waals surface area contributed by atoms with Crippen molar-refractivity contribution in [2.24, 2.45) is 0 Å². The molecule has 3 rings (SSSR count). The number of hydrogen-bond acceptors (Lipinski definition) is 3.